The van der Waals surface area contributed by atoms with Gasteiger partial charge in [0, 0.05) is 0 Å². The molecule has 0 bridgehead atoms. The van der Waals surface area contributed by atoms with Gasteiger partial charge < -0.3 is 5.32 Å². The van der Waals surface area contributed by atoms with Gasteiger partial charge in [0.05, 0.1) is 0 Å². The van der Waals surface area contributed by atoms with Gasteiger partial charge in [-0.3, -0.25) is 0 Å². The third kappa shape index (κ3) is 4.99. The summed E-state index contributed by atoms with van der Waals surface area (Å²) in [5.41, 5.74) is 0.618. The summed E-state index contributed by atoms with van der Waals surface area (Å²) in [5, 5.41) is 3.56. The summed E-state index contributed by atoms with van der Waals surface area (Å²) in [6.07, 6.45) is 12.8. The zero-order valence-electron chi connectivity index (χ0n) is 12.4. The van der Waals surface area contributed by atoms with E-state index in [-0.39, 0.29) is 0 Å². The Morgan fingerprint density at radius 2 is 1.71 bits per heavy atom. The van der Waals surface area contributed by atoms with Crippen LogP contribution >= 0.6 is 0 Å². The summed E-state index contributed by atoms with van der Waals surface area (Å²) in [4.78, 5) is 0. The van der Waals surface area contributed by atoms with E-state index in [0.29, 0.717) is 5.41 Å². The SMILES string of the molecule is CCCCCCC(C)(CCCC)C1CCNC1. The minimum Gasteiger partial charge on any atom is -0.316 e. The molecule has 1 nitrogen and oxygen atoms in total. The number of nitrogens with one attached hydrogen (secondary N) is 1. The van der Waals surface area contributed by atoms with Crippen LogP contribution < -0.4 is 5.32 Å². The average Bonchev–Trinajstić information content (AvgIpc) is 2.86. The Balaban J connectivity index is 2.39. The monoisotopic (exact) mass is 239 g/mol. The molecule has 1 N–H and O–H groups in total. The predicted octanol–water partition coefficient (Wildman–Crippen LogP) is 4.76. The van der Waals surface area contributed by atoms with Crippen LogP contribution in [-0.4, -0.2) is 13.1 Å². The smallest absolute Gasteiger partial charge is 0.00148 e. The molecular weight excluding hydrogens is 206 g/mol. The van der Waals surface area contributed by atoms with Crippen molar-refractivity contribution in [2.75, 3.05) is 13.1 Å². The predicted molar refractivity (Wildman–Crippen MR) is 77.4 cm³/mol. The minimum atomic E-state index is 0.618. The molecule has 102 valence electrons. The van der Waals surface area contributed by atoms with Crippen LogP contribution in [0, 0.1) is 11.3 Å². The number of hydrogen-bond acceptors (Lipinski definition) is 1. The molecule has 2 unspecified atom stereocenters. The fraction of sp³-hybridized carbons (Fsp3) is 1.00. The van der Waals surface area contributed by atoms with Gasteiger partial charge in [-0.1, -0.05) is 59.3 Å². The maximum absolute atomic E-state index is 3.56. The summed E-state index contributed by atoms with van der Waals surface area (Å²) in [5.74, 6) is 0.940. The van der Waals surface area contributed by atoms with Crippen LogP contribution in [0.3, 0.4) is 0 Å². The first-order chi connectivity index (χ1) is 8.23. The van der Waals surface area contributed by atoms with Gasteiger partial charge in [0.1, 0.15) is 0 Å². The highest BCUT2D eigenvalue weighted by Gasteiger charge is 2.34. The molecular formula is C16H33N. The second-order valence-corrected chi connectivity index (χ2v) is 6.26. The van der Waals surface area contributed by atoms with E-state index in [1.165, 1.54) is 70.9 Å². The normalized spacial score (nSPS) is 23.8. The first-order valence-corrected chi connectivity index (χ1v) is 7.93. The first-order valence-electron chi connectivity index (χ1n) is 7.93. The summed E-state index contributed by atoms with van der Waals surface area (Å²) in [6.45, 7) is 9.71. The zero-order valence-corrected chi connectivity index (χ0v) is 12.4. The van der Waals surface area contributed by atoms with E-state index < -0.39 is 0 Å². The van der Waals surface area contributed by atoms with E-state index in [1.807, 2.05) is 0 Å². The van der Waals surface area contributed by atoms with Crippen LogP contribution in [0.1, 0.15) is 78.6 Å². The molecule has 0 aliphatic carbocycles. The van der Waals surface area contributed by atoms with Crippen LogP contribution in [-0.2, 0) is 0 Å². The number of hydrogen-bond donors (Lipinski definition) is 1. The lowest BCUT2D eigenvalue weighted by Crippen LogP contribution is -2.29. The summed E-state index contributed by atoms with van der Waals surface area (Å²) < 4.78 is 0. The molecule has 1 fully saturated rings. The maximum atomic E-state index is 3.56. The van der Waals surface area contributed by atoms with Crippen molar-refractivity contribution in [3.8, 4) is 0 Å². The van der Waals surface area contributed by atoms with Crippen molar-refractivity contribution in [2.45, 2.75) is 78.6 Å². The van der Waals surface area contributed by atoms with Crippen molar-refractivity contribution < 1.29 is 0 Å². The topological polar surface area (TPSA) is 12.0 Å². The molecule has 0 aromatic carbocycles. The molecule has 0 aromatic rings. The molecule has 1 aliphatic rings. The van der Waals surface area contributed by atoms with Crippen molar-refractivity contribution in [3.63, 3.8) is 0 Å². The molecule has 1 heteroatoms. The zero-order chi connectivity index (χ0) is 12.6. The van der Waals surface area contributed by atoms with E-state index in [0.717, 1.165) is 5.92 Å². The Labute approximate surface area is 109 Å². The van der Waals surface area contributed by atoms with Crippen LogP contribution in [0.2, 0.25) is 0 Å². The van der Waals surface area contributed by atoms with Gasteiger partial charge in [-0.05, 0) is 43.7 Å². The lowest BCUT2D eigenvalue weighted by molar-refractivity contribution is 0.156. The molecule has 0 radical (unpaired) electrons. The average molecular weight is 239 g/mol. The van der Waals surface area contributed by atoms with E-state index in [2.05, 4.69) is 26.1 Å². The Kier molecular flexibility index (Phi) is 7.18. The van der Waals surface area contributed by atoms with E-state index >= 15 is 0 Å². The summed E-state index contributed by atoms with van der Waals surface area (Å²) in [7, 11) is 0. The second kappa shape index (κ2) is 8.13. The Morgan fingerprint density at radius 3 is 2.29 bits per heavy atom. The lowest BCUT2D eigenvalue weighted by Gasteiger charge is -2.36. The van der Waals surface area contributed by atoms with Crippen molar-refractivity contribution >= 4 is 0 Å². The van der Waals surface area contributed by atoms with Crippen molar-refractivity contribution in [2.24, 2.45) is 11.3 Å². The second-order valence-electron chi connectivity index (χ2n) is 6.26. The highest BCUT2D eigenvalue weighted by molar-refractivity contribution is 4.87. The van der Waals surface area contributed by atoms with Gasteiger partial charge in [0.2, 0.25) is 0 Å². The van der Waals surface area contributed by atoms with Crippen molar-refractivity contribution in [1.29, 1.82) is 0 Å². The molecule has 1 heterocycles. The molecule has 2 atom stereocenters. The molecule has 17 heavy (non-hydrogen) atoms. The standard InChI is InChI=1S/C16H33N/c1-4-6-8-9-12-16(3,11-7-5-2)15-10-13-17-14-15/h15,17H,4-14H2,1-3H3. The van der Waals surface area contributed by atoms with E-state index in [9.17, 15) is 0 Å². The largest absolute Gasteiger partial charge is 0.316 e. The van der Waals surface area contributed by atoms with Gasteiger partial charge >= 0.3 is 0 Å². The molecule has 1 aliphatic heterocycles. The Morgan fingerprint density at radius 1 is 1.00 bits per heavy atom. The Bertz CT molecular complexity index is 184. The van der Waals surface area contributed by atoms with E-state index in [4.69, 9.17) is 0 Å². The molecule has 0 saturated carbocycles. The fourth-order valence-electron chi connectivity index (χ4n) is 3.32. The molecule has 1 rings (SSSR count). The number of rotatable bonds is 9. The lowest BCUT2D eigenvalue weighted by atomic mass is 9.69. The van der Waals surface area contributed by atoms with Gasteiger partial charge in [0.25, 0.3) is 0 Å². The molecule has 0 aromatic heterocycles. The van der Waals surface area contributed by atoms with Crippen LogP contribution in [0.25, 0.3) is 0 Å². The number of unbranched alkanes of at least 4 members (excludes halogenated alkanes) is 4. The summed E-state index contributed by atoms with van der Waals surface area (Å²) >= 11 is 0. The van der Waals surface area contributed by atoms with Crippen LogP contribution in [0.4, 0.5) is 0 Å². The maximum Gasteiger partial charge on any atom is -0.00148 e. The molecule has 1 saturated heterocycles. The highest BCUT2D eigenvalue weighted by atomic mass is 14.9. The Hall–Kier alpha value is -0.0400. The van der Waals surface area contributed by atoms with Gasteiger partial charge in [0.15, 0.2) is 0 Å². The first kappa shape index (κ1) is 15.0. The van der Waals surface area contributed by atoms with Gasteiger partial charge in [-0.2, -0.15) is 0 Å². The minimum absolute atomic E-state index is 0.618. The third-order valence-corrected chi connectivity index (χ3v) is 4.75. The van der Waals surface area contributed by atoms with Gasteiger partial charge in [-0.15, -0.1) is 0 Å². The summed E-state index contributed by atoms with van der Waals surface area (Å²) in [6, 6.07) is 0. The quantitative estimate of drug-likeness (QED) is 0.572. The molecule has 0 spiro atoms. The van der Waals surface area contributed by atoms with E-state index in [1.54, 1.807) is 0 Å². The highest BCUT2D eigenvalue weighted by Crippen LogP contribution is 2.41. The third-order valence-electron chi connectivity index (χ3n) is 4.75. The van der Waals surface area contributed by atoms with Crippen molar-refractivity contribution in [1.82, 2.24) is 5.32 Å². The fourth-order valence-corrected chi connectivity index (χ4v) is 3.32. The van der Waals surface area contributed by atoms with Gasteiger partial charge in [-0.25, -0.2) is 0 Å². The van der Waals surface area contributed by atoms with Crippen LogP contribution in [0.15, 0.2) is 0 Å². The molecule has 0 amide bonds. The van der Waals surface area contributed by atoms with Crippen LogP contribution in [0.5, 0.6) is 0 Å². The van der Waals surface area contributed by atoms with Crippen molar-refractivity contribution in [3.05, 3.63) is 0 Å².